The molecule has 2 aliphatic rings. The van der Waals surface area contributed by atoms with Crippen LogP contribution in [-0.2, 0) is 11.3 Å². The van der Waals surface area contributed by atoms with Gasteiger partial charge in [0.05, 0.1) is 18.3 Å². The number of carbonyl (C=O) groups is 1. The van der Waals surface area contributed by atoms with Gasteiger partial charge >= 0.3 is 0 Å². The smallest absolute Gasteiger partial charge is 0.239 e. The normalized spacial score (nSPS) is 19.9. The summed E-state index contributed by atoms with van der Waals surface area (Å²) in [4.78, 5) is 30.0. The van der Waals surface area contributed by atoms with Crippen molar-refractivity contribution in [3.63, 3.8) is 0 Å². The summed E-state index contributed by atoms with van der Waals surface area (Å²) < 4.78 is 0. The van der Waals surface area contributed by atoms with E-state index in [9.17, 15) is 4.79 Å². The SMILES string of the molecule is CCNC(=NCc1nc(C)c(C)s1)N1CCN(C(C)C(=O)N2CCCC2)CC1. The molecule has 1 aromatic heterocycles. The predicted molar refractivity (Wildman–Crippen MR) is 115 cm³/mol. The Balaban J connectivity index is 1.56. The third-order valence-corrected chi connectivity index (χ3v) is 6.77. The molecule has 2 fully saturated rings. The molecule has 3 heterocycles. The van der Waals surface area contributed by atoms with Gasteiger partial charge in [0, 0.05) is 50.7 Å². The summed E-state index contributed by atoms with van der Waals surface area (Å²) in [5.41, 5.74) is 1.10. The summed E-state index contributed by atoms with van der Waals surface area (Å²) in [6.07, 6.45) is 2.29. The Kier molecular flexibility index (Phi) is 7.29. The van der Waals surface area contributed by atoms with Gasteiger partial charge in [0.25, 0.3) is 0 Å². The van der Waals surface area contributed by atoms with Crippen molar-refractivity contribution in [2.45, 2.75) is 53.1 Å². The van der Waals surface area contributed by atoms with E-state index in [1.54, 1.807) is 11.3 Å². The molecule has 0 saturated carbocycles. The molecule has 0 radical (unpaired) electrons. The van der Waals surface area contributed by atoms with Crippen LogP contribution in [0, 0.1) is 13.8 Å². The van der Waals surface area contributed by atoms with Crippen molar-refractivity contribution in [1.82, 2.24) is 25.0 Å². The molecule has 156 valence electrons. The van der Waals surface area contributed by atoms with Crippen molar-refractivity contribution >= 4 is 23.2 Å². The summed E-state index contributed by atoms with van der Waals surface area (Å²) in [6.45, 7) is 15.2. The largest absolute Gasteiger partial charge is 0.357 e. The predicted octanol–water partition coefficient (Wildman–Crippen LogP) is 1.85. The second-order valence-corrected chi connectivity index (χ2v) is 8.94. The Bertz CT molecular complexity index is 669. The molecular weight excluding hydrogens is 372 g/mol. The molecule has 1 amide bonds. The van der Waals surface area contributed by atoms with E-state index < -0.39 is 0 Å². The van der Waals surface area contributed by atoms with Gasteiger partial charge in [0.2, 0.25) is 5.91 Å². The van der Waals surface area contributed by atoms with E-state index in [1.807, 2.05) is 11.8 Å². The van der Waals surface area contributed by atoms with Crippen LogP contribution in [0.2, 0.25) is 0 Å². The van der Waals surface area contributed by atoms with Gasteiger partial charge in [-0.05, 0) is 40.5 Å². The van der Waals surface area contributed by atoms with Crippen molar-refractivity contribution in [2.24, 2.45) is 4.99 Å². The number of hydrogen-bond donors (Lipinski definition) is 1. The van der Waals surface area contributed by atoms with Crippen molar-refractivity contribution in [3.05, 3.63) is 15.6 Å². The van der Waals surface area contributed by atoms with E-state index >= 15 is 0 Å². The van der Waals surface area contributed by atoms with E-state index in [1.165, 1.54) is 4.88 Å². The zero-order chi connectivity index (χ0) is 20.1. The number of aromatic nitrogens is 1. The molecule has 1 aromatic rings. The van der Waals surface area contributed by atoms with E-state index in [0.29, 0.717) is 12.5 Å². The highest BCUT2D eigenvalue weighted by Crippen LogP contribution is 2.18. The number of rotatable bonds is 5. The highest BCUT2D eigenvalue weighted by Gasteiger charge is 2.30. The average Bonchev–Trinajstić information content (AvgIpc) is 3.34. The number of amides is 1. The molecule has 8 heteroatoms. The van der Waals surface area contributed by atoms with Crippen LogP contribution >= 0.6 is 11.3 Å². The maximum Gasteiger partial charge on any atom is 0.239 e. The molecule has 0 aromatic carbocycles. The van der Waals surface area contributed by atoms with Crippen LogP contribution in [0.4, 0.5) is 0 Å². The first kappa shape index (κ1) is 21.0. The van der Waals surface area contributed by atoms with Gasteiger partial charge in [0.15, 0.2) is 5.96 Å². The number of thiazole rings is 1. The summed E-state index contributed by atoms with van der Waals surface area (Å²) in [7, 11) is 0. The minimum atomic E-state index is -0.0268. The molecule has 2 aliphatic heterocycles. The van der Waals surface area contributed by atoms with Crippen molar-refractivity contribution in [2.75, 3.05) is 45.8 Å². The summed E-state index contributed by atoms with van der Waals surface area (Å²) in [5, 5.41) is 4.48. The van der Waals surface area contributed by atoms with Crippen LogP contribution < -0.4 is 5.32 Å². The maximum atomic E-state index is 12.7. The number of aryl methyl sites for hydroxylation is 2. The second-order valence-electron chi connectivity index (χ2n) is 7.65. The number of guanidine groups is 1. The third-order valence-electron chi connectivity index (χ3n) is 5.71. The monoisotopic (exact) mass is 406 g/mol. The molecule has 1 unspecified atom stereocenters. The first-order valence-electron chi connectivity index (χ1n) is 10.5. The first-order chi connectivity index (χ1) is 13.5. The molecule has 0 aliphatic carbocycles. The maximum absolute atomic E-state index is 12.7. The zero-order valence-corrected chi connectivity index (χ0v) is 18.5. The minimum Gasteiger partial charge on any atom is -0.357 e. The number of carbonyl (C=O) groups excluding carboxylic acids is 1. The van der Waals surface area contributed by atoms with Crippen LogP contribution in [0.5, 0.6) is 0 Å². The molecule has 1 atom stereocenters. The third kappa shape index (κ3) is 5.03. The zero-order valence-electron chi connectivity index (χ0n) is 17.7. The topological polar surface area (TPSA) is 64.1 Å². The second kappa shape index (κ2) is 9.69. The fourth-order valence-corrected chi connectivity index (χ4v) is 4.71. The number of nitrogens with zero attached hydrogens (tertiary/aromatic N) is 5. The van der Waals surface area contributed by atoms with Crippen LogP contribution in [0.3, 0.4) is 0 Å². The lowest BCUT2D eigenvalue weighted by Gasteiger charge is -2.39. The quantitative estimate of drug-likeness (QED) is 0.597. The van der Waals surface area contributed by atoms with Crippen LogP contribution in [0.1, 0.15) is 42.3 Å². The number of likely N-dealkylation sites (tertiary alicyclic amines) is 1. The number of piperazine rings is 1. The molecule has 1 N–H and O–H groups in total. The van der Waals surface area contributed by atoms with Gasteiger partial charge in [0.1, 0.15) is 5.01 Å². The van der Waals surface area contributed by atoms with Crippen molar-refractivity contribution in [1.29, 1.82) is 0 Å². The van der Waals surface area contributed by atoms with Crippen LogP contribution in [0.25, 0.3) is 0 Å². The molecule has 0 bridgehead atoms. The van der Waals surface area contributed by atoms with Gasteiger partial charge in [-0.3, -0.25) is 9.69 Å². The van der Waals surface area contributed by atoms with E-state index in [-0.39, 0.29) is 6.04 Å². The Morgan fingerprint density at radius 3 is 2.39 bits per heavy atom. The lowest BCUT2D eigenvalue weighted by molar-refractivity contribution is -0.135. The molecule has 7 nitrogen and oxygen atoms in total. The van der Waals surface area contributed by atoms with E-state index in [2.05, 4.69) is 40.9 Å². The van der Waals surface area contributed by atoms with Gasteiger partial charge in [-0.15, -0.1) is 11.3 Å². The number of nitrogens with one attached hydrogen (secondary N) is 1. The number of aliphatic imine (C=N–C) groups is 1. The van der Waals surface area contributed by atoms with E-state index in [0.717, 1.165) is 75.3 Å². The highest BCUT2D eigenvalue weighted by atomic mass is 32.1. The summed E-state index contributed by atoms with van der Waals surface area (Å²) >= 11 is 1.73. The molecular formula is C20H34N6OS. The van der Waals surface area contributed by atoms with Crippen LogP contribution in [0.15, 0.2) is 4.99 Å². The molecule has 28 heavy (non-hydrogen) atoms. The highest BCUT2D eigenvalue weighted by molar-refractivity contribution is 7.11. The summed E-state index contributed by atoms with van der Waals surface area (Å²) in [6, 6.07) is -0.0268. The molecule has 2 saturated heterocycles. The van der Waals surface area contributed by atoms with E-state index in [4.69, 9.17) is 4.99 Å². The summed E-state index contributed by atoms with van der Waals surface area (Å²) in [5.74, 6) is 1.24. The van der Waals surface area contributed by atoms with Gasteiger partial charge in [-0.2, -0.15) is 0 Å². The Morgan fingerprint density at radius 1 is 1.14 bits per heavy atom. The van der Waals surface area contributed by atoms with Gasteiger partial charge in [-0.1, -0.05) is 0 Å². The lowest BCUT2D eigenvalue weighted by atomic mass is 10.2. The fourth-order valence-electron chi connectivity index (χ4n) is 3.85. The standard InChI is InChI=1S/C20H34N6OS/c1-5-21-20(22-14-18-23-15(2)17(4)28-18)26-12-10-24(11-13-26)16(3)19(27)25-8-6-7-9-25/h16H,5-14H2,1-4H3,(H,21,22). The van der Waals surface area contributed by atoms with Gasteiger partial charge in [-0.25, -0.2) is 9.98 Å². The fraction of sp³-hybridized carbons (Fsp3) is 0.750. The van der Waals surface area contributed by atoms with Crippen LogP contribution in [-0.4, -0.2) is 83.4 Å². The number of hydrogen-bond acceptors (Lipinski definition) is 5. The lowest BCUT2D eigenvalue weighted by Crippen LogP contribution is -2.57. The Morgan fingerprint density at radius 2 is 1.82 bits per heavy atom. The Labute approximate surface area is 172 Å². The molecule has 0 spiro atoms. The minimum absolute atomic E-state index is 0.0268. The Hall–Kier alpha value is -1.67. The first-order valence-corrected chi connectivity index (χ1v) is 11.3. The average molecular weight is 407 g/mol. The van der Waals surface area contributed by atoms with Gasteiger partial charge < -0.3 is 15.1 Å². The van der Waals surface area contributed by atoms with Crippen molar-refractivity contribution in [3.8, 4) is 0 Å². The van der Waals surface area contributed by atoms with Crippen molar-refractivity contribution < 1.29 is 4.79 Å². The molecule has 3 rings (SSSR count).